The van der Waals surface area contributed by atoms with Gasteiger partial charge in [0.1, 0.15) is 0 Å². The summed E-state index contributed by atoms with van der Waals surface area (Å²) in [4.78, 5) is 24.0. The predicted octanol–water partition coefficient (Wildman–Crippen LogP) is 3.50. The fraction of sp³-hybridized carbons (Fsp3) is 0.238. The standard InChI is InChI=1S/C21H24N2O4/c1-4-22-21(25)16-7-6-8-17(14-16)23-20(24)12-10-15-9-11-18(26-3)19(13-15)27-5-2/h6-14H,4-5H2,1-3H3,(H,22,25)(H,23,24)/b12-10+. The molecule has 2 rings (SSSR count). The van der Waals surface area contributed by atoms with E-state index in [2.05, 4.69) is 10.6 Å². The van der Waals surface area contributed by atoms with Gasteiger partial charge in [0.25, 0.3) is 5.91 Å². The summed E-state index contributed by atoms with van der Waals surface area (Å²) in [6.45, 7) is 4.81. The van der Waals surface area contributed by atoms with Gasteiger partial charge in [0.15, 0.2) is 11.5 Å². The van der Waals surface area contributed by atoms with E-state index in [9.17, 15) is 9.59 Å². The maximum atomic E-state index is 12.2. The Morgan fingerprint density at radius 3 is 2.59 bits per heavy atom. The highest BCUT2D eigenvalue weighted by atomic mass is 16.5. The number of benzene rings is 2. The maximum absolute atomic E-state index is 12.2. The fourth-order valence-electron chi connectivity index (χ4n) is 2.42. The van der Waals surface area contributed by atoms with Gasteiger partial charge in [-0.3, -0.25) is 9.59 Å². The lowest BCUT2D eigenvalue weighted by atomic mass is 10.1. The third-order valence-corrected chi connectivity index (χ3v) is 3.64. The highest BCUT2D eigenvalue weighted by Gasteiger charge is 2.07. The van der Waals surface area contributed by atoms with Crippen molar-refractivity contribution in [2.24, 2.45) is 0 Å². The molecule has 0 aromatic heterocycles. The van der Waals surface area contributed by atoms with Crippen LogP contribution in [-0.2, 0) is 4.79 Å². The maximum Gasteiger partial charge on any atom is 0.251 e. The molecule has 2 N–H and O–H groups in total. The quantitative estimate of drug-likeness (QED) is 0.699. The van der Waals surface area contributed by atoms with E-state index >= 15 is 0 Å². The van der Waals surface area contributed by atoms with E-state index in [0.717, 1.165) is 5.56 Å². The van der Waals surface area contributed by atoms with Crippen LogP contribution in [-0.4, -0.2) is 32.1 Å². The summed E-state index contributed by atoms with van der Waals surface area (Å²) in [5.74, 6) is 0.792. The zero-order valence-electron chi connectivity index (χ0n) is 15.7. The first-order chi connectivity index (χ1) is 13.1. The number of rotatable bonds is 8. The number of carbonyl (C=O) groups is 2. The largest absolute Gasteiger partial charge is 0.493 e. The Hall–Kier alpha value is -3.28. The number of hydrogen-bond acceptors (Lipinski definition) is 4. The smallest absolute Gasteiger partial charge is 0.251 e. The second-order valence-corrected chi connectivity index (χ2v) is 5.61. The Kier molecular flexibility index (Phi) is 7.43. The summed E-state index contributed by atoms with van der Waals surface area (Å²) in [7, 11) is 1.58. The molecule has 0 aliphatic rings. The number of amides is 2. The van der Waals surface area contributed by atoms with Crippen molar-refractivity contribution in [3.63, 3.8) is 0 Å². The lowest BCUT2D eigenvalue weighted by Gasteiger charge is -2.09. The highest BCUT2D eigenvalue weighted by Crippen LogP contribution is 2.28. The average molecular weight is 368 g/mol. The van der Waals surface area contributed by atoms with Gasteiger partial charge in [0.2, 0.25) is 5.91 Å². The van der Waals surface area contributed by atoms with Gasteiger partial charge >= 0.3 is 0 Å². The first-order valence-corrected chi connectivity index (χ1v) is 8.75. The molecule has 6 heteroatoms. The minimum Gasteiger partial charge on any atom is -0.493 e. The van der Waals surface area contributed by atoms with Crippen LogP contribution in [0.25, 0.3) is 6.08 Å². The molecule has 0 spiro atoms. The Morgan fingerprint density at radius 1 is 1.07 bits per heavy atom. The number of ether oxygens (including phenoxy) is 2. The van der Waals surface area contributed by atoms with E-state index in [4.69, 9.17) is 9.47 Å². The first-order valence-electron chi connectivity index (χ1n) is 8.75. The highest BCUT2D eigenvalue weighted by molar-refractivity contribution is 6.03. The number of anilines is 1. The Bertz CT molecular complexity index is 831. The van der Waals surface area contributed by atoms with Crippen molar-refractivity contribution in [2.45, 2.75) is 13.8 Å². The van der Waals surface area contributed by atoms with Crippen molar-refractivity contribution in [3.8, 4) is 11.5 Å². The van der Waals surface area contributed by atoms with Gasteiger partial charge in [0.05, 0.1) is 13.7 Å². The molecular formula is C21H24N2O4. The monoisotopic (exact) mass is 368 g/mol. The lowest BCUT2D eigenvalue weighted by Crippen LogP contribution is -2.22. The van der Waals surface area contributed by atoms with Crippen molar-refractivity contribution in [1.82, 2.24) is 5.32 Å². The zero-order valence-corrected chi connectivity index (χ0v) is 15.7. The molecule has 6 nitrogen and oxygen atoms in total. The Morgan fingerprint density at radius 2 is 1.89 bits per heavy atom. The van der Waals surface area contributed by atoms with Crippen LogP contribution in [0, 0.1) is 0 Å². The third-order valence-electron chi connectivity index (χ3n) is 3.64. The van der Waals surface area contributed by atoms with Gasteiger partial charge in [-0.1, -0.05) is 12.1 Å². The molecule has 0 aliphatic heterocycles. The summed E-state index contributed by atoms with van der Waals surface area (Å²) < 4.78 is 10.8. The topological polar surface area (TPSA) is 76.7 Å². The predicted molar refractivity (Wildman–Crippen MR) is 106 cm³/mol. The van der Waals surface area contributed by atoms with Crippen LogP contribution in [0.3, 0.4) is 0 Å². The van der Waals surface area contributed by atoms with Crippen LogP contribution < -0.4 is 20.1 Å². The second-order valence-electron chi connectivity index (χ2n) is 5.61. The summed E-state index contributed by atoms with van der Waals surface area (Å²) in [6.07, 6.45) is 3.11. The molecule has 0 radical (unpaired) electrons. The van der Waals surface area contributed by atoms with Crippen molar-refractivity contribution in [1.29, 1.82) is 0 Å². The van der Waals surface area contributed by atoms with E-state index in [1.54, 1.807) is 43.5 Å². The molecule has 2 aromatic rings. The first kappa shape index (κ1) is 20.0. The normalized spacial score (nSPS) is 10.5. The number of nitrogens with one attached hydrogen (secondary N) is 2. The summed E-state index contributed by atoms with van der Waals surface area (Å²) in [5.41, 5.74) is 1.86. The van der Waals surface area contributed by atoms with Crippen molar-refractivity contribution in [3.05, 3.63) is 59.7 Å². The number of carbonyl (C=O) groups excluding carboxylic acids is 2. The second kappa shape index (κ2) is 10.0. The molecule has 0 unspecified atom stereocenters. The summed E-state index contributed by atoms with van der Waals surface area (Å²) >= 11 is 0. The molecule has 0 atom stereocenters. The third kappa shape index (κ3) is 5.88. The van der Waals surface area contributed by atoms with E-state index in [1.807, 2.05) is 26.0 Å². The molecule has 0 fully saturated rings. The van der Waals surface area contributed by atoms with Gasteiger partial charge < -0.3 is 20.1 Å². The molecule has 0 saturated carbocycles. The molecule has 0 saturated heterocycles. The van der Waals surface area contributed by atoms with Crippen LogP contribution in [0.5, 0.6) is 11.5 Å². The van der Waals surface area contributed by atoms with Crippen molar-refractivity contribution < 1.29 is 19.1 Å². The van der Waals surface area contributed by atoms with Gasteiger partial charge in [-0.15, -0.1) is 0 Å². The molecule has 0 heterocycles. The van der Waals surface area contributed by atoms with E-state index in [1.165, 1.54) is 6.08 Å². The molecule has 2 amide bonds. The summed E-state index contributed by atoms with van der Waals surface area (Å²) in [6, 6.07) is 12.2. The van der Waals surface area contributed by atoms with Crippen molar-refractivity contribution in [2.75, 3.05) is 25.6 Å². The van der Waals surface area contributed by atoms with E-state index < -0.39 is 0 Å². The molecule has 27 heavy (non-hydrogen) atoms. The van der Waals surface area contributed by atoms with Gasteiger partial charge in [-0.2, -0.15) is 0 Å². The Balaban J connectivity index is 2.06. The lowest BCUT2D eigenvalue weighted by molar-refractivity contribution is -0.111. The minimum atomic E-state index is -0.295. The van der Waals surface area contributed by atoms with Crippen LogP contribution in [0.4, 0.5) is 5.69 Å². The van der Waals surface area contributed by atoms with Crippen molar-refractivity contribution >= 4 is 23.6 Å². The van der Waals surface area contributed by atoms with E-state index in [-0.39, 0.29) is 11.8 Å². The fourth-order valence-corrected chi connectivity index (χ4v) is 2.42. The number of methoxy groups -OCH3 is 1. The molecule has 0 bridgehead atoms. The van der Waals surface area contributed by atoms with Gasteiger partial charge in [-0.25, -0.2) is 0 Å². The van der Waals surface area contributed by atoms with Crippen LogP contribution in [0.15, 0.2) is 48.5 Å². The molecule has 142 valence electrons. The van der Waals surface area contributed by atoms with Crippen LogP contribution in [0.1, 0.15) is 29.8 Å². The van der Waals surface area contributed by atoms with E-state index in [0.29, 0.717) is 35.9 Å². The number of hydrogen-bond donors (Lipinski definition) is 2. The Labute approximate surface area is 159 Å². The van der Waals surface area contributed by atoms with Gasteiger partial charge in [0, 0.05) is 23.9 Å². The van der Waals surface area contributed by atoms with Gasteiger partial charge in [-0.05, 0) is 55.8 Å². The van der Waals surface area contributed by atoms with Crippen LogP contribution >= 0.6 is 0 Å². The zero-order chi connectivity index (χ0) is 19.6. The molecule has 2 aromatic carbocycles. The minimum absolute atomic E-state index is 0.175. The summed E-state index contributed by atoms with van der Waals surface area (Å²) in [5, 5.41) is 5.48. The molecule has 0 aliphatic carbocycles. The van der Waals surface area contributed by atoms with Crippen LogP contribution in [0.2, 0.25) is 0 Å². The SMILES string of the molecule is CCNC(=O)c1cccc(NC(=O)/C=C/c2ccc(OC)c(OCC)c2)c1. The average Bonchev–Trinajstić information content (AvgIpc) is 2.67. The molecular weight excluding hydrogens is 344 g/mol.